The number of amides is 1. The first kappa shape index (κ1) is 21.2. The summed E-state index contributed by atoms with van der Waals surface area (Å²) in [5.41, 5.74) is 3.57. The molecule has 3 rings (SSSR count). The van der Waals surface area contributed by atoms with Gasteiger partial charge in [0.2, 0.25) is 0 Å². The van der Waals surface area contributed by atoms with E-state index in [9.17, 15) is 4.79 Å². The number of hydrogen-bond donors (Lipinski definition) is 0. The van der Waals surface area contributed by atoms with Gasteiger partial charge in [-0.05, 0) is 66.9 Å². The lowest BCUT2D eigenvalue weighted by Gasteiger charge is -2.17. The van der Waals surface area contributed by atoms with Gasteiger partial charge >= 0.3 is 0 Å². The number of likely N-dealkylation sites (N-methyl/N-ethyl adjacent to an activating group) is 1. The van der Waals surface area contributed by atoms with Gasteiger partial charge in [0.05, 0.1) is 13.2 Å². The fraction of sp³-hybridized carbons (Fsp3) is 0.192. The second-order valence-corrected chi connectivity index (χ2v) is 6.71. The predicted molar refractivity (Wildman–Crippen MR) is 122 cm³/mol. The van der Waals surface area contributed by atoms with Crippen LogP contribution in [0.3, 0.4) is 0 Å². The lowest BCUT2D eigenvalue weighted by Crippen LogP contribution is -2.24. The maximum atomic E-state index is 13.0. The Bertz CT molecular complexity index is 926. The van der Waals surface area contributed by atoms with Crippen molar-refractivity contribution in [2.75, 3.05) is 25.2 Å². The molecule has 0 aliphatic rings. The van der Waals surface area contributed by atoms with Crippen LogP contribution in [0, 0.1) is 0 Å². The molecule has 0 aliphatic heterocycles. The van der Waals surface area contributed by atoms with Crippen molar-refractivity contribution < 1.29 is 14.3 Å². The first-order valence-corrected chi connectivity index (χ1v) is 10.1. The molecule has 3 aromatic carbocycles. The molecule has 3 aromatic rings. The zero-order valence-corrected chi connectivity index (χ0v) is 17.7. The highest BCUT2D eigenvalue weighted by molar-refractivity contribution is 6.07. The summed E-state index contributed by atoms with van der Waals surface area (Å²) in [6.07, 6.45) is 1.68. The van der Waals surface area contributed by atoms with Crippen LogP contribution >= 0.6 is 0 Å². The quantitative estimate of drug-likeness (QED) is 0.463. The Hall–Kier alpha value is -3.53. The summed E-state index contributed by atoms with van der Waals surface area (Å²) >= 11 is 0. The van der Waals surface area contributed by atoms with Crippen molar-refractivity contribution in [1.82, 2.24) is 0 Å². The average molecular weight is 402 g/mol. The second-order valence-electron chi connectivity index (χ2n) is 6.71. The number of carbonyl (C=O) groups excluding carboxylic acids is 1. The van der Waals surface area contributed by atoms with Crippen molar-refractivity contribution in [2.24, 2.45) is 0 Å². The Morgan fingerprint density at radius 3 is 1.67 bits per heavy atom. The van der Waals surface area contributed by atoms with Gasteiger partial charge in [-0.2, -0.15) is 0 Å². The monoisotopic (exact) mass is 401 g/mol. The van der Waals surface area contributed by atoms with Gasteiger partial charge in [-0.3, -0.25) is 4.79 Å². The number of para-hydroxylation sites is 1. The standard InChI is InChI=1S/C26H27NO3/c1-4-29-23-15-11-20(12-16-23)25(21-13-17-24(18-14-21)30-5-2)19-26(28)27(3)22-9-7-6-8-10-22/h6-19H,4-5H2,1-3H3. The van der Waals surface area contributed by atoms with E-state index in [0.29, 0.717) is 13.2 Å². The topological polar surface area (TPSA) is 38.8 Å². The number of anilines is 1. The SMILES string of the molecule is CCOc1ccc(C(=CC(=O)N(C)c2ccccc2)c2ccc(OCC)cc2)cc1. The molecule has 0 saturated carbocycles. The first-order valence-electron chi connectivity index (χ1n) is 10.1. The highest BCUT2D eigenvalue weighted by Crippen LogP contribution is 2.28. The van der Waals surface area contributed by atoms with Crippen LogP contribution in [-0.2, 0) is 4.79 Å². The largest absolute Gasteiger partial charge is 0.494 e. The molecule has 0 bridgehead atoms. The number of carbonyl (C=O) groups is 1. The fourth-order valence-corrected chi connectivity index (χ4v) is 3.13. The van der Waals surface area contributed by atoms with E-state index in [0.717, 1.165) is 33.9 Å². The van der Waals surface area contributed by atoms with E-state index in [1.807, 2.05) is 92.7 Å². The van der Waals surface area contributed by atoms with Crippen molar-refractivity contribution >= 4 is 17.2 Å². The molecule has 30 heavy (non-hydrogen) atoms. The third kappa shape index (κ3) is 5.29. The lowest BCUT2D eigenvalue weighted by atomic mass is 9.97. The molecule has 0 spiro atoms. The minimum atomic E-state index is -0.0982. The number of nitrogens with zero attached hydrogens (tertiary/aromatic N) is 1. The van der Waals surface area contributed by atoms with Gasteiger partial charge in [0.1, 0.15) is 11.5 Å². The van der Waals surface area contributed by atoms with Gasteiger partial charge in [-0.1, -0.05) is 42.5 Å². The van der Waals surface area contributed by atoms with Gasteiger partial charge in [0.25, 0.3) is 5.91 Å². The Balaban J connectivity index is 1.97. The summed E-state index contributed by atoms with van der Waals surface area (Å²) in [7, 11) is 1.78. The molecule has 0 aliphatic carbocycles. The van der Waals surface area contributed by atoms with Gasteiger partial charge in [-0.25, -0.2) is 0 Å². The van der Waals surface area contributed by atoms with Crippen LogP contribution in [0.5, 0.6) is 11.5 Å². The molecule has 0 unspecified atom stereocenters. The number of benzene rings is 3. The Labute approximate surface area is 178 Å². The number of rotatable bonds is 8. The summed E-state index contributed by atoms with van der Waals surface area (Å²) in [6.45, 7) is 5.14. The smallest absolute Gasteiger partial charge is 0.251 e. The van der Waals surface area contributed by atoms with Crippen molar-refractivity contribution in [3.05, 3.63) is 96.1 Å². The summed E-state index contributed by atoms with van der Waals surface area (Å²) in [4.78, 5) is 14.7. The lowest BCUT2D eigenvalue weighted by molar-refractivity contribution is -0.113. The van der Waals surface area contributed by atoms with E-state index in [1.54, 1.807) is 18.0 Å². The third-order valence-corrected chi connectivity index (χ3v) is 4.69. The van der Waals surface area contributed by atoms with E-state index in [1.165, 1.54) is 0 Å². The summed E-state index contributed by atoms with van der Waals surface area (Å²) in [5.74, 6) is 1.51. The van der Waals surface area contributed by atoms with Crippen LogP contribution < -0.4 is 14.4 Å². The minimum absolute atomic E-state index is 0.0982. The molecule has 0 saturated heterocycles. The van der Waals surface area contributed by atoms with Crippen molar-refractivity contribution in [3.8, 4) is 11.5 Å². The molecule has 0 atom stereocenters. The van der Waals surface area contributed by atoms with Crippen LogP contribution in [0.2, 0.25) is 0 Å². The van der Waals surface area contributed by atoms with Crippen LogP contribution in [0.1, 0.15) is 25.0 Å². The van der Waals surface area contributed by atoms with Crippen LogP contribution in [0.25, 0.3) is 5.57 Å². The predicted octanol–water partition coefficient (Wildman–Crippen LogP) is 5.58. The molecule has 4 heteroatoms. The maximum absolute atomic E-state index is 13.0. The maximum Gasteiger partial charge on any atom is 0.251 e. The van der Waals surface area contributed by atoms with Gasteiger partial charge < -0.3 is 14.4 Å². The molecule has 4 nitrogen and oxygen atoms in total. The number of hydrogen-bond acceptors (Lipinski definition) is 3. The molecule has 154 valence electrons. The zero-order chi connectivity index (χ0) is 21.3. The Morgan fingerprint density at radius 2 is 1.23 bits per heavy atom. The molecule has 1 amide bonds. The molecule has 0 radical (unpaired) electrons. The summed E-state index contributed by atoms with van der Waals surface area (Å²) in [5, 5.41) is 0. The van der Waals surface area contributed by atoms with Gasteiger partial charge in [-0.15, -0.1) is 0 Å². The van der Waals surface area contributed by atoms with Crippen molar-refractivity contribution in [2.45, 2.75) is 13.8 Å². The summed E-state index contributed by atoms with van der Waals surface area (Å²) < 4.78 is 11.1. The van der Waals surface area contributed by atoms with E-state index >= 15 is 0 Å². The normalized spacial score (nSPS) is 10.2. The highest BCUT2D eigenvalue weighted by Gasteiger charge is 2.13. The van der Waals surface area contributed by atoms with Crippen molar-refractivity contribution in [1.29, 1.82) is 0 Å². The first-order chi connectivity index (χ1) is 14.6. The zero-order valence-electron chi connectivity index (χ0n) is 17.7. The van der Waals surface area contributed by atoms with Crippen LogP contribution in [0.4, 0.5) is 5.69 Å². The second kappa shape index (κ2) is 10.3. The molecule has 0 N–H and O–H groups in total. The van der Waals surface area contributed by atoms with Crippen LogP contribution in [-0.4, -0.2) is 26.2 Å². The van der Waals surface area contributed by atoms with E-state index < -0.39 is 0 Å². The minimum Gasteiger partial charge on any atom is -0.494 e. The molecule has 0 fully saturated rings. The molecule has 0 heterocycles. The molecule has 0 aromatic heterocycles. The fourth-order valence-electron chi connectivity index (χ4n) is 3.13. The van der Waals surface area contributed by atoms with E-state index in [4.69, 9.17) is 9.47 Å². The number of ether oxygens (including phenoxy) is 2. The third-order valence-electron chi connectivity index (χ3n) is 4.69. The van der Waals surface area contributed by atoms with Crippen LogP contribution in [0.15, 0.2) is 84.9 Å². The highest BCUT2D eigenvalue weighted by atomic mass is 16.5. The average Bonchev–Trinajstić information content (AvgIpc) is 2.79. The molecular weight excluding hydrogens is 374 g/mol. The van der Waals surface area contributed by atoms with E-state index in [2.05, 4.69) is 0 Å². The van der Waals surface area contributed by atoms with Gasteiger partial charge in [0.15, 0.2) is 0 Å². The van der Waals surface area contributed by atoms with E-state index in [-0.39, 0.29) is 5.91 Å². The Kier molecular flexibility index (Phi) is 7.28. The van der Waals surface area contributed by atoms with Gasteiger partial charge in [0, 0.05) is 18.8 Å². The summed E-state index contributed by atoms with van der Waals surface area (Å²) in [6, 6.07) is 25.2. The van der Waals surface area contributed by atoms with Crippen molar-refractivity contribution in [3.63, 3.8) is 0 Å². The molecular formula is C26H27NO3. The Morgan fingerprint density at radius 1 is 0.767 bits per heavy atom.